The number of hydrogen-bond donors (Lipinski definition) is 0. The summed E-state index contributed by atoms with van der Waals surface area (Å²) in [5.41, 5.74) is 0.201. The van der Waals surface area contributed by atoms with Crippen LogP contribution in [0.4, 0.5) is 5.69 Å². The van der Waals surface area contributed by atoms with E-state index in [0.29, 0.717) is 5.69 Å². The normalized spacial score (nSPS) is 10.2. The van der Waals surface area contributed by atoms with Crippen molar-refractivity contribution in [3.8, 4) is 0 Å². The smallest absolute Gasteiger partial charge is 0.300 e. The van der Waals surface area contributed by atoms with Crippen molar-refractivity contribution in [3.63, 3.8) is 0 Å². The molecule has 0 saturated carbocycles. The first kappa shape index (κ1) is 14.9. The molecule has 0 aliphatic carbocycles. The molecule has 0 bridgehead atoms. The Bertz CT molecular complexity index is 678. The molecule has 0 radical (unpaired) electrons. The lowest BCUT2D eigenvalue weighted by molar-refractivity contribution is -0.385. The zero-order valence-electron chi connectivity index (χ0n) is 11.1. The Labute approximate surface area is 125 Å². The van der Waals surface area contributed by atoms with Crippen LogP contribution in [0.1, 0.15) is 16.1 Å². The molecule has 21 heavy (non-hydrogen) atoms. The maximum atomic E-state index is 12.3. The van der Waals surface area contributed by atoms with Gasteiger partial charge in [-0.15, -0.1) is 0 Å². The van der Waals surface area contributed by atoms with Gasteiger partial charge in [0.25, 0.3) is 11.6 Å². The zero-order valence-corrected chi connectivity index (χ0v) is 11.8. The van der Waals surface area contributed by atoms with E-state index in [-0.39, 0.29) is 22.9 Å². The highest BCUT2D eigenvalue weighted by atomic mass is 35.5. The second-order valence-corrected chi connectivity index (χ2v) is 4.65. The maximum absolute atomic E-state index is 12.3. The van der Waals surface area contributed by atoms with Gasteiger partial charge in [-0.05, 0) is 18.2 Å². The van der Waals surface area contributed by atoms with Gasteiger partial charge in [-0.25, -0.2) is 4.98 Å². The summed E-state index contributed by atoms with van der Waals surface area (Å²) in [7, 11) is 1.54. The minimum absolute atomic E-state index is 0.0233. The molecule has 2 heterocycles. The summed E-state index contributed by atoms with van der Waals surface area (Å²) in [4.78, 5) is 31.7. The lowest BCUT2D eigenvalue weighted by Crippen LogP contribution is -2.27. The van der Waals surface area contributed by atoms with Crippen LogP contribution in [-0.2, 0) is 6.54 Å². The quantitative estimate of drug-likeness (QED) is 0.491. The molecule has 0 fully saturated rings. The molecule has 7 nitrogen and oxygen atoms in total. The van der Waals surface area contributed by atoms with Gasteiger partial charge in [-0.2, -0.15) is 0 Å². The molecule has 2 aromatic heterocycles. The van der Waals surface area contributed by atoms with Crippen LogP contribution in [0.3, 0.4) is 0 Å². The van der Waals surface area contributed by atoms with Crippen molar-refractivity contribution in [3.05, 3.63) is 63.2 Å². The number of nitrogens with zero attached hydrogens (tertiary/aromatic N) is 4. The standard InChI is InChI=1S/C13H11ClN4O3/c1-17(8-9-4-2-3-5-15-9)13(19)10-6-12(14)16-7-11(10)18(20)21/h2-7H,8H2,1H3. The molecule has 0 unspecified atom stereocenters. The Morgan fingerprint density at radius 2 is 2.19 bits per heavy atom. The molecule has 8 heteroatoms. The largest absolute Gasteiger partial charge is 0.336 e. The number of hydrogen-bond acceptors (Lipinski definition) is 5. The van der Waals surface area contributed by atoms with Crippen LogP contribution < -0.4 is 0 Å². The number of rotatable bonds is 4. The highest BCUT2D eigenvalue weighted by molar-refractivity contribution is 6.29. The summed E-state index contributed by atoms with van der Waals surface area (Å²) < 4.78 is 0. The van der Waals surface area contributed by atoms with E-state index in [1.165, 1.54) is 18.0 Å². The molecule has 1 amide bonds. The molecule has 0 N–H and O–H groups in total. The fourth-order valence-electron chi connectivity index (χ4n) is 1.75. The topological polar surface area (TPSA) is 89.2 Å². The average Bonchev–Trinajstić information content (AvgIpc) is 2.47. The SMILES string of the molecule is CN(Cc1ccccn1)C(=O)c1cc(Cl)ncc1[N+](=O)[O-]. The lowest BCUT2D eigenvalue weighted by atomic mass is 10.2. The van der Waals surface area contributed by atoms with Gasteiger partial charge in [-0.1, -0.05) is 17.7 Å². The summed E-state index contributed by atoms with van der Waals surface area (Å²) in [5.74, 6) is -0.517. The highest BCUT2D eigenvalue weighted by Gasteiger charge is 2.24. The van der Waals surface area contributed by atoms with Gasteiger partial charge in [0, 0.05) is 13.2 Å². The Balaban J connectivity index is 2.27. The van der Waals surface area contributed by atoms with E-state index < -0.39 is 10.8 Å². The number of amides is 1. The van der Waals surface area contributed by atoms with Crippen LogP contribution in [-0.4, -0.2) is 32.7 Å². The summed E-state index contributed by atoms with van der Waals surface area (Å²) in [5, 5.41) is 11.0. The van der Waals surface area contributed by atoms with Crippen LogP contribution >= 0.6 is 11.6 Å². The number of halogens is 1. The van der Waals surface area contributed by atoms with Gasteiger partial charge in [0.2, 0.25) is 0 Å². The first-order valence-electron chi connectivity index (χ1n) is 5.94. The van der Waals surface area contributed by atoms with Crippen molar-refractivity contribution in [1.82, 2.24) is 14.9 Å². The Morgan fingerprint density at radius 3 is 2.81 bits per heavy atom. The molecule has 108 valence electrons. The van der Waals surface area contributed by atoms with E-state index in [0.717, 1.165) is 6.20 Å². The Kier molecular flexibility index (Phi) is 4.44. The molecule has 2 aromatic rings. The van der Waals surface area contributed by atoms with Gasteiger partial charge < -0.3 is 4.90 Å². The summed E-state index contributed by atoms with van der Waals surface area (Å²) in [6.45, 7) is 0.233. The van der Waals surface area contributed by atoms with Crippen LogP contribution in [0.15, 0.2) is 36.7 Å². The first-order valence-corrected chi connectivity index (χ1v) is 6.32. The average molecular weight is 307 g/mol. The van der Waals surface area contributed by atoms with Crippen molar-refractivity contribution in [1.29, 1.82) is 0 Å². The van der Waals surface area contributed by atoms with Gasteiger partial charge >= 0.3 is 0 Å². The number of carbonyl (C=O) groups excluding carboxylic acids is 1. The van der Waals surface area contributed by atoms with Gasteiger partial charge in [0.05, 0.1) is 17.2 Å². The van der Waals surface area contributed by atoms with Crippen molar-refractivity contribution >= 4 is 23.2 Å². The predicted octanol–water partition coefficient (Wildman–Crippen LogP) is 2.31. The van der Waals surface area contributed by atoms with E-state index in [2.05, 4.69) is 9.97 Å². The predicted molar refractivity (Wildman–Crippen MR) is 75.9 cm³/mol. The third-order valence-corrected chi connectivity index (χ3v) is 2.96. The van der Waals surface area contributed by atoms with Gasteiger partial charge in [-0.3, -0.25) is 19.9 Å². The fourth-order valence-corrected chi connectivity index (χ4v) is 1.91. The molecular formula is C13H11ClN4O3. The number of nitro groups is 1. The van der Waals surface area contributed by atoms with Crippen LogP contribution in [0.2, 0.25) is 5.15 Å². The third kappa shape index (κ3) is 3.51. The highest BCUT2D eigenvalue weighted by Crippen LogP contribution is 2.22. The molecule has 0 spiro atoms. The molecule has 0 saturated heterocycles. The molecular weight excluding hydrogens is 296 g/mol. The maximum Gasteiger partial charge on any atom is 0.300 e. The van der Waals surface area contributed by atoms with E-state index in [1.807, 2.05) is 0 Å². The Hall–Kier alpha value is -2.54. The molecule has 0 aromatic carbocycles. The number of aromatic nitrogens is 2. The third-order valence-electron chi connectivity index (χ3n) is 2.75. The zero-order chi connectivity index (χ0) is 15.4. The fraction of sp³-hybridized carbons (Fsp3) is 0.154. The summed E-state index contributed by atoms with van der Waals surface area (Å²) in [6.07, 6.45) is 2.59. The van der Waals surface area contributed by atoms with Crippen molar-refractivity contribution in [2.75, 3.05) is 7.05 Å². The molecule has 2 rings (SSSR count). The first-order chi connectivity index (χ1) is 9.99. The monoisotopic (exact) mass is 306 g/mol. The van der Waals surface area contributed by atoms with E-state index >= 15 is 0 Å². The van der Waals surface area contributed by atoms with E-state index in [1.54, 1.807) is 24.4 Å². The summed E-state index contributed by atoms with van der Waals surface area (Å²) >= 11 is 5.71. The van der Waals surface area contributed by atoms with Crippen LogP contribution in [0, 0.1) is 10.1 Å². The number of pyridine rings is 2. The van der Waals surface area contributed by atoms with Gasteiger partial charge in [0.15, 0.2) is 0 Å². The summed E-state index contributed by atoms with van der Waals surface area (Å²) in [6, 6.07) is 6.51. The molecule has 0 atom stereocenters. The number of carbonyl (C=O) groups is 1. The Morgan fingerprint density at radius 1 is 1.43 bits per heavy atom. The van der Waals surface area contributed by atoms with Gasteiger partial charge in [0.1, 0.15) is 16.9 Å². The van der Waals surface area contributed by atoms with Crippen molar-refractivity contribution in [2.45, 2.75) is 6.54 Å². The second kappa shape index (κ2) is 6.27. The second-order valence-electron chi connectivity index (χ2n) is 4.26. The molecule has 0 aliphatic heterocycles. The van der Waals surface area contributed by atoms with Crippen LogP contribution in [0.5, 0.6) is 0 Å². The van der Waals surface area contributed by atoms with Crippen molar-refractivity contribution in [2.24, 2.45) is 0 Å². The van der Waals surface area contributed by atoms with Crippen LogP contribution in [0.25, 0.3) is 0 Å². The molecule has 0 aliphatic rings. The van der Waals surface area contributed by atoms with E-state index in [9.17, 15) is 14.9 Å². The minimum Gasteiger partial charge on any atom is -0.336 e. The van der Waals surface area contributed by atoms with E-state index in [4.69, 9.17) is 11.6 Å². The lowest BCUT2D eigenvalue weighted by Gasteiger charge is -2.16. The minimum atomic E-state index is -0.662. The van der Waals surface area contributed by atoms with Crippen molar-refractivity contribution < 1.29 is 9.72 Å².